The summed E-state index contributed by atoms with van der Waals surface area (Å²) < 4.78 is 0. The van der Waals surface area contributed by atoms with Gasteiger partial charge in [0.2, 0.25) is 5.91 Å². The van der Waals surface area contributed by atoms with Gasteiger partial charge in [0.05, 0.1) is 0 Å². The number of carbonyl (C=O) groups is 1. The lowest BCUT2D eigenvalue weighted by Crippen LogP contribution is -2.34. The molecule has 18 heavy (non-hydrogen) atoms. The molecule has 5 heteroatoms. The van der Waals surface area contributed by atoms with Gasteiger partial charge in [-0.15, -0.1) is 0 Å². The summed E-state index contributed by atoms with van der Waals surface area (Å²) in [5.74, 6) is 1.04. The van der Waals surface area contributed by atoms with Gasteiger partial charge >= 0.3 is 0 Å². The summed E-state index contributed by atoms with van der Waals surface area (Å²) >= 11 is 0. The second-order valence-electron chi connectivity index (χ2n) is 5.09. The Hall–Kier alpha value is -1.52. The van der Waals surface area contributed by atoms with Crippen molar-refractivity contribution in [3.05, 3.63) is 12.2 Å². The van der Waals surface area contributed by atoms with E-state index in [-0.39, 0.29) is 5.91 Å². The van der Waals surface area contributed by atoms with Crippen molar-refractivity contribution >= 4 is 11.9 Å². The summed E-state index contributed by atoms with van der Waals surface area (Å²) in [6.45, 7) is 10.7. The van der Waals surface area contributed by atoms with E-state index >= 15 is 0 Å². The summed E-state index contributed by atoms with van der Waals surface area (Å²) in [6.07, 6.45) is 1.68. The topological polar surface area (TPSA) is 70.7 Å². The van der Waals surface area contributed by atoms with Gasteiger partial charge in [0.25, 0.3) is 0 Å². The first-order valence-corrected chi connectivity index (χ1v) is 6.45. The van der Waals surface area contributed by atoms with Gasteiger partial charge in [-0.1, -0.05) is 19.1 Å². The first-order valence-electron chi connectivity index (χ1n) is 6.45. The Labute approximate surface area is 109 Å². The number of amides is 1. The minimum absolute atomic E-state index is 0.263. The Morgan fingerprint density at radius 3 is 2.94 bits per heavy atom. The van der Waals surface area contributed by atoms with E-state index in [4.69, 9.17) is 5.73 Å². The van der Waals surface area contributed by atoms with Crippen LogP contribution in [-0.4, -0.2) is 42.9 Å². The maximum absolute atomic E-state index is 11.5. The standard InChI is InChI=1S/C13H24N4O/c1-10(2)7-15-13(14)16-8-11(3)9-17-6-4-5-12(17)18/h11H,1,4-9H2,2-3H3,(H3,14,15,16)/t11-/m1/s1. The van der Waals surface area contributed by atoms with Crippen LogP contribution >= 0.6 is 0 Å². The van der Waals surface area contributed by atoms with Crippen LogP contribution in [0.5, 0.6) is 0 Å². The quantitative estimate of drug-likeness (QED) is 0.416. The van der Waals surface area contributed by atoms with Crippen LogP contribution in [0.3, 0.4) is 0 Å². The predicted octanol–water partition coefficient (Wildman–Crippen LogP) is 0.725. The average molecular weight is 252 g/mol. The summed E-state index contributed by atoms with van der Waals surface area (Å²) in [5.41, 5.74) is 6.74. The fourth-order valence-electron chi connectivity index (χ4n) is 1.88. The first-order chi connectivity index (χ1) is 8.49. The van der Waals surface area contributed by atoms with Gasteiger partial charge in [-0.25, -0.2) is 0 Å². The number of nitrogens with zero attached hydrogens (tertiary/aromatic N) is 2. The molecule has 1 aliphatic heterocycles. The molecule has 0 saturated carbocycles. The Balaban J connectivity index is 2.26. The lowest BCUT2D eigenvalue weighted by Gasteiger charge is -2.19. The van der Waals surface area contributed by atoms with Crippen molar-refractivity contribution in [2.24, 2.45) is 16.6 Å². The van der Waals surface area contributed by atoms with Crippen LogP contribution in [0.2, 0.25) is 0 Å². The van der Waals surface area contributed by atoms with Crippen LogP contribution in [-0.2, 0) is 4.79 Å². The largest absolute Gasteiger partial charge is 0.370 e. The number of carbonyl (C=O) groups excluding carboxylic acids is 1. The van der Waals surface area contributed by atoms with Gasteiger partial charge < -0.3 is 16.0 Å². The second kappa shape index (κ2) is 7.03. The average Bonchev–Trinajstić information content (AvgIpc) is 2.69. The molecule has 0 radical (unpaired) electrons. The SMILES string of the molecule is C=C(C)CNC(N)=NC[C@@H](C)CN1CCCC1=O. The zero-order chi connectivity index (χ0) is 13.5. The molecule has 0 bridgehead atoms. The minimum atomic E-state index is 0.263. The van der Waals surface area contributed by atoms with E-state index in [0.717, 1.165) is 25.1 Å². The Kier molecular flexibility index (Phi) is 5.68. The van der Waals surface area contributed by atoms with Crippen LogP contribution in [0, 0.1) is 5.92 Å². The highest BCUT2D eigenvalue weighted by atomic mass is 16.2. The minimum Gasteiger partial charge on any atom is -0.370 e. The predicted molar refractivity (Wildman–Crippen MR) is 74.3 cm³/mol. The Morgan fingerprint density at radius 1 is 1.67 bits per heavy atom. The second-order valence-corrected chi connectivity index (χ2v) is 5.09. The van der Waals surface area contributed by atoms with E-state index in [9.17, 15) is 4.79 Å². The number of nitrogens with two attached hydrogens (primary N) is 1. The van der Waals surface area contributed by atoms with Gasteiger partial charge in [0, 0.05) is 32.6 Å². The molecule has 1 rings (SSSR count). The van der Waals surface area contributed by atoms with E-state index < -0.39 is 0 Å². The number of nitrogens with one attached hydrogen (secondary N) is 1. The molecule has 1 heterocycles. The molecule has 0 aromatic rings. The highest BCUT2D eigenvalue weighted by Crippen LogP contribution is 2.12. The van der Waals surface area contributed by atoms with Crippen molar-refractivity contribution in [3.63, 3.8) is 0 Å². The van der Waals surface area contributed by atoms with Crippen molar-refractivity contribution in [3.8, 4) is 0 Å². The fraction of sp³-hybridized carbons (Fsp3) is 0.692. The molecule has 1 aliphatic rings. The van der Waals surface area contributed by atoms with Gasteiger partial charge in [-0.05, 0) is 19.3 Å². The third-order valence-electron chi connectivity index (χ3n) is 2.85. The monoisotopic (exact) mass is 252 g/mol. The van der Waals surface area contributed by atoms with Crippen LogP contribution in [0.1, 0.15) is 26.7 Å². The molecular formula is C13H24N4O. The molecule has 0 spiro atoms. The molecule has 0 aliphatic carbocycles. The normalized spacial score (nSPS) is 18.0. The summed E-state index contributed by atoms with van der Waals surface area (Å²) in [6, 6.07) is 0. The maximum Gasteiger partial charge on any atom is 0.222 e. The molecule has 1 amide bonds. The summed E-state index contributed by atoms with van der Waals surface area (Å²) in [4.78, 5) is 17.7. The number of guanidine groups is 1. The van der Waals surface area contributed by atoms with Crippen LogP contribution < -0.4 is 11.1 Å². The van der Waals surface area contributed by atoms with Gasteiger partial charge in [0.15, 0.2) is 5.96 Å². The zero-order valence-corrected chi connectivity index (χ0v) is 11.4. The van der Waals surface area contributed by atoms with Crippen molar-refractivity contribution in [2.75, 3.05) is 26.2 Å². The van der Waals surface area contributed by atoms with Gasteiger partial charge in [-0.2, -0.15) is 0 Å². The van der Waals surface area contributed by atoms with E-state index in [0.29, 0.717) is 31.4 Å². The van der Waals surface area contributed by atoms with Crippen LogP contribution in [0.4, 0.5) is 0 Å². The molecule has 0 aromatic heterocycles. The smallest absolute Gasteiger partial charge is 0.222 e. The number of likely N-dealkylation sites (tertiary alicyclic amines) is 1. The zero-order valence-electron chi connectivity index (χ0n) is 11.4. The van der Waals surface area contributed by atoms with Gasteiger partial charge in [-0.3, -0.25) is 9.79 Å². The lowest BCUT2D eigenvalue weighted by atomic mass is 10.2. The van der Waals surface area contributed by atoms with Crippen molar-refractivity contribution < 1.29 is 4.79 Å². The van der Waals surface area contributed by atoms with Gasteiger partial charge in [0.1, 0.15) is 0 Å². The Morgan fingerprint density at radius 2 is 2.39 bits per heavy atom. The molecule has 0 unspecified atom stereocenters. The van der Waals surface area contributed by atoms with Crippen LogP contribution in [0.25, 0.3) is 0 Å². The fourth-order valence-corrected chi connectivity index (χ4v) is 1.88. The Bertz CT molecular complexity index is 338. The van der Waals surface area contributed by atoms with E-state index in [1.807, 2.05) is 11.8 Å². The number of rotatable bonds is 6. The van der Waals surface area contributed by atoms with E-state index in [1.54, 1.807) is 0 Å². The molecule has 0 aromatic carbocycles. The lowest BCUT2D eigenvalue weighted by molar-refractivity contribution is -0.128. The van der Waals surface area contributed by atoms with Crippen molar-refractivity contribution in [1.82, 2.24) is 10.2 Å². The molecule has 102 valence electrons. The van der Waals surface area contributed by atoms with Crippen LogP contribution in [0.15, 0.2) is 17.1 Å². The van der Waals surface area contributed by atoms with E-state index in [1.165, 1.54) is 0 Å². The molecular weight excluding hydrogens is 228 g/mol. The first kappa shape index (κ1) is 14.5. The highest BCUT2D eigenvalue weighted by Gasteiger charge is 2.21. The summed E-state index contributed by atoms with van der Waals surface area (Å²) in [5, 5.41) is 2.99. The molecule has 3 N–H and O–H groups in total. The molecule has 5 nitrogen and oxygen atoms in total. The number of aliphatic imine (C=N–C) groups is 1. The molecule has 1 fully saturated rings. The molecule has 1 atom stereocenters. The third kappa shape index (κ3) is 5.21. The maximum atomic E-state index is 11.5. The van der Waals surface area contributed by atoms with E-state index in [2.05, 4.69) is 23.8 Å². The molecule has 1 saturated heterocycles. The number of hydrogen-bond acceptors (Lipinski definition) is 2. The van der Waals surface area contributed by atoms with Crippen molar-refractivity contribution in [2.45, 2.75) is 26.7 Å². The highest BCUT2D eigenvalue weighted by molar-refractivity contribution is 5.78. The third-order valence-corrected chi connectivity index (χ3v) is 2.85. The number of hydrogen-bond donors (Lipinski definition) is 2. The summed E-state index contributed by atoms with van der Waals surface area (Å²) in [7, 11) is 0. The van der Waals surface area contributed by atoms with Crippen molar-refractivity contribution in [1.29, 1.82) is 0 Å².